The molecule has 1 amide bonds. The van der Waals surface area contributed by atoms with Crippen molar-refractivity contribution in [2.24, 2.45) is 5.92 Å². The van der Waals surface area contributed by atoms with E-state index >= 15 is 0 Å². The van der Waals surface area contributed by atoms with Crippen LogP contribution in [0.25, 0.3) is 6.08 Å². The Kier molecular flexibility index (Phi) is 4.78. The molecule has 0 bridgehead atoms. The molecule has 0 aromatic heterocycles. The number of benzene rings is 1. The molecule has 1 aromatic rings. The standard InChI is InChI=1S/C17H21NO3/c1-11-8-13(6-7-16(19)20)10-15(9-11)17(21)18-12(2)14-4-3-5-14/h6-10,12,14H,3-5H2,1-2H3,(H,18,21)(H,19,20)/b7-6+. The number of carbonyl (C=O) groups is 2. The predicted molar refractivity (Wildman–Crippen MR) is 82.1 cm³/mol. The maximum atomic E-state index is 12.3. The molecular formula is C17H21NO3. The quantitative estimate of drug-likeness (QED) is 0.818. The van der Waals surface area contributed by atoms with Gasteiger partial charge in [-0.1, -0.05) is 12.5 Å². The molecule has 0 radical (unpaired) electrons. The van der Waals surface area contributed by atoms with Crippen molar-refractivity contribution in [3.63, 3.8) is 0 Å². The number of rotatable bonds is 5. The van der Waals surface area contributed by atoms with E-state index in [-0.39, 0.29) is 11.9 Å². The van der Waals surface area contributed by atoms with Crippen molar-refractivity contribution in [3.05, 3.63) is 41.0 Å². The lowest BCUT2D eigenvalue weighted by Gasteiger charge is -2.31. The maximum absolute atomic E-state index is 12.3. The molecule has 1 aliphatic rings. The van der Waals surface area contributed by atoms with Crippen LogP contribution in [0.5, 0.6) is 0 Å². The number of nitrogens with one attached hydrogen (secondary N) is 1. The average Bonchev–Trinajstić information content (AvgIpc) is 2.33. The molecule has 0 heterocycles. The fraction of sp³-hybridized carbons (Fsp3) is 0.412. The zero-order valence-electron chi connectivity index (χ0n) is 12.4. The lowest BCUT2D eigenvalue weighted by Crippen LogP contribution is -2.40. The molecule has 21 heavy (non-hydrogen) atoms. The molecule has 0 spiro atoms. The van der Waals surface area contributed by atoms with Gasteiger partial charge in [-0.3, -0.25) is 4.79 Å². The van der Waals surface area contributed by atoms with E-state index in [2.05, 4.69) is 5.32 Å². The van der Waals surface area contributed by atoms with Crippen molar-refractivity contribution >= 4 is 18.0 Å². The smallest absolute Gasteiger partial charge is 0.328 e. The van der Waals surface area contributed by atoms with Gasteiger partial charge in [-0.15, -0.1) is 0 Å². The van der Waals surface area contributed by atoms with Gasteiger partial charge in [0, 0.05) is 17.7 Å². The van der Waals surface area contributed by atoms with Crippen LogP contribution < -0.4 is 5.32 Å². The molecule has 1 unspecified atom stereocenters. The van der Waals surface area contributed by atoms with Crippen LogP contribution in [-0.4, -0.2) is 23.0 Å². The second kappa shape index (κ2) is 6.57. The third kappa shape index (κ3) is 4.18. The van der Waals surface area contributed by atoms with Gasteiger partial charge in [0.15, 0.2) is 0 Å². The summed E-state index contributed by atoms with van der Waals surface area (Å²) in [6.45, 7) is 3.94. The van der Waals surface area contributed by atoms with Crippen molar-refractivity contribution in [3.8, 4) is 0 Å². The van der Waals surface area contributed by atoms with Crippen molar-refractivity contribution < 1.29 is 14.7 Å². The number of hydrogen-bond donors (Lipinski definition) is 2. The van der Waals surface area contributed by atoms with Gasteiger partial charge in [-0.25, -0.2) is 4.79 Å². The minimum atomic E-state index is -0.999. The lowest BCUT2D eigenvalue weighted by atomic mass is 9.80. The van der Waals surface area contributed by atoms with Crippen molar-refractivity contribution in [1.29, 1.82) is 0 Å². The van der Waals surface area contributed by atoms with E-state index in [4.69, 9.17) is 5.11 Å². The topological polar surface area (TPSA) is 66.4 Å². The number of carbonyl (C=O) groups excluding carboxylic acids is 1. The van der Waals surface area contributed by atoms with Crippen LogP contribution in [0.3, 0.4) is 0 Å². The minimum Gasteiger partial charge on any atom is -0.478 e. The summed E-state index contributed by atoms with van der Waals surface area (Å²) in [5.41, 5.74) is 2.23. The molecule has 112 valence electrons. The van der Waals surface area contributed by atoms with Gasteiger partial charge in [0.05, 0.1) is 0 Å². The molecule has 1 saturated carbocycles. The zero-order valence-corrected chi connectivity index (χ0v) is 12.4. The van der Waals surface area contributed by atoms with E-state index < -0.39 is 5.97 Å². The molecule has 1 atom stereocenters. The first-order chi connectivity index (χ1) is 9.95. The monoisotopic (exact) mass is 287 g/mol. The molecule has 2 N–H and O–H groups in total. The van der Waals surface area contributed by atoms with E-state index in [0.29, 0.717) is 11.5 Å². The van der Waals surface area contributed by atoms with Crippen LogP contribution in [0, 0.1) is 12.8 Å². The molecule has 1 aromatic carbocycles. The number of aliphatic carboxylic acids is 1. The molecule has 1 fully saturated rings. The van der Waals surface area contributed by atoms with Gasteiger partial charge in [-0.05, 0) is 61.9 Å². The summed E-state index contributed by atoms with van der Waals surface area (Å²) >= 11 is 0. The highest BCUT2D eigenvalue weighted by Crippen LogP contribution is 2.29. The summed E-state index contributed by atoms with van der Waals surface area (Å²) in [7, 11) is 0. The van der Waals surface area contributed by atoms with Gasteiger partial charge in [0.1, 0.15) is 0 Å². The van der Waals surface area contributed by atoms with Gasteiger partial charge in [-0.2, -0.15) is 0 Å². The first kappa shape index (κ1) is 15.3. The highest BCUT2D eigenvalue weighted by atomic mass is 16.4. The number of hydrogen-bond acceptors (Lipinski definition) is 2. The lowest BCUT2D eigenvalue weighted by molar-refractivity contribution is -0.131. The molecular weight excluding hydrogens is 266 g/mol. The van der Waals surface area contributed by atoms with E-state index in [1.54, 1.807) is 6.07 Å². The largest absolute Gasteiger partial charge is 0.478 e. The molecule has 4 nitrogen and oxygen atoms in total. The van der Waals surface area contributed by atoms with E-state index in [9.17, 15) is 9.59 Å². The maximum Gasteiger partial charge on any atom is 0.328 e. The zero-order chi connectivity index (χ0) is 15.4. The molecule has 2 rings (SSSR count). The van der Waals surface area contributed by atoms with Crippen molar-refractivity contribution in [1.82, 2.24) is 5.32 Å². The van der Waals surface area contributed by atoms with Crippen LogP contribution in [0.4, 0.5) is 0 Å². The summed E-state index contributed by atoms with van der Waals surface area (Å²) in [6.07, 6.45) is 6.19. The molecule has 4 heteroatoms. The second-order valence-corrected chi connectivity index (χ2v) is 5.76. The first-order valence-corrected chi connectivity index (χ1v) is 7.29. The number of carboxylic acid groups (broad SMARTS) is 1. The number of amides is 1. The molecule has 0 saturated heterocycles. The fourth-order valence-electron chi connectivity index (χ4n) is 2.56. The SMILES string of the molecule is Cc1cc(/C=C/C(=O)O)cc(C(=O)NC(C)C2CCC2)c1. The van der Waals surface area contributed by atoms with Gasteiger partial charge in [0.2, 0.25) is 0 Å². The highest BCUT2D eigenvalue weighted by Gasteiger charge is 2.25. The van der Waals surface area contributed by atoms with Gasteiger partial charge >= 0.3 is 5.97 Å². The number of aryl methyl sites for hydroxylation is 1. The van der Waals surface area contributed by atoms with Crippen LogP contribution in [-0.2, 0) is 4.79 Å². The molecule has 0 aliphatic heterocycles. The summed E-state index contributed by atoms with van der Waals surface area (Å²) in [5.74, 6) is -0.505. The Labute approximate surface area is 124 Å². The third-order valence-electron chi connectivity index (χ3n) is 4.00. The average molecular weight is 287 g/mol. The normalized spacial score (nSPS) is 16.5. The Balaban J connectivity index is 2.10. The Morgan fingerprint density at radius 1 is 1.33 bits per heavy atom. The summed E-state index contributed by atoms with van der Waals surface area (Å²) in [4.78, 5) is 22.9. The highest BCUT2D eigenvalue weighted by molar-refractivity contribution is 5.95. The summed E-state index contributed by atoms with van der Waals surface area (Å²) in [6, 6.07) is 5.58. The Bertz CT molecular complexity index is 573. The van der Waals surface area contributed by atoms with E-state index in [1.807, 2.05) is 26.0 Å². The summed E-state index contributed by atoms with van der Waals surface area (Å²) < 4.78 is 0. The summed E-state index contributed by atoms with van der Waals surface area (Å²) in [5, 5.41) is 11.7. The Hall–Kier alpha value is -2.10. The second-order valence-electron chi connectivity index (χ2n) is 5.76. The van der Waals surface area contributed by atoms with Crippen LogP contribution in [0.2, 0.25) is 0 Å². The minimum absolute atomic E-state index is 0.0944. The van der Waals surface area contributed by atoms with E-state index in [1.165, 1.54) is 25.3 Å². The van der Waals surface area contributed by atoms with Crippen LogP contribution in [0.15, 0.2) is 24.3 Å². The third-order valence-corrected chi connectivity index (χ3v) is 4.00. The van der Waals surface area contributed by atoms with Gasteiger partial charge < -0.3 is 10.4 Å². The van der Waals surface area contributed by atoms with Crippen LogP contribution >= 0.6 is 0 Å². The van der Waals surface area contributed by atoms with Crippen molar-refractivity contribution in [2.75, 3.05) is 0 Å². The van der Waals surface area contributed by atoms with Crippen LogP contribution in [0.1, 0.15) is 47.7 Å². The van der Waals surface area contributed by atoms with Crippen molar-refractivity contribution in [2.45, 2.75) is 39.2 Å². The predicted octanol–water partition coefficient (Wildman–Crippen LogP) is 3.01. The number of carboxylic acids is 1. The fourth-order valence-corrected chi connectivity index (χ4v) is 2.56. The molecule has 1 aliphatic carbocycles. The Morgan fingerprint density at radius 3 is 2.62 bits per heavy atom. The van der Waals surface area contributed by atoms with Gasteiger partial charge in [0.25, 0.3) is 5.91 Å². The first-order valence-electron chi connectivity index (χ1n) is 7.29. The Morgan fingerprint density at radius 2 is 2.05 bits per heavy atom. The van der Waals surface area contributed by atoms with E-state index in [0.717, 1.165) is 17.2 Å².